The highest BCUT2D eigenvalue weighted by Crippen LogP contribution is 2.48. The zero-order chi connectivity index (χ0) is 46.5. The molecule has 0 spiro atoms. The van der Waals surface area contributed by atoms with E-state index < -0.39 is 0 Å². The molecule has 0 N–H and O–H groups in total. The van der Waals surface area contributed by atoms with Crippen molar-refractivity contribution < 1.29 is 4.74 Å². The summed E-state index contributed by atoms with van der Waals surface area (Å²) in [6, 6.07) is 74.7. The van der Waals surface area contributed by atoms with Gasteiger partial charge in [0.15, 0.2) is 0 Å². The first kappa shape index (κ1) is 39.5. The third-order valence-corrected chi connectivity index (χ3v) is 15.9. The van der Waals surface area contributed by atoms with Gasteiger partial charge in [-0.3, -0.25) is 0 Å². The van der Waals surface area contributed by atoms with Gasteiger partial charge in [-0.25, -0.2) is 0 Å². The second kappa shape index (κ2) is 14.5. The fourth-order valence-corrected chi connectivity index (χ4v) is 13.1. The van der Waals surface area contributed by atoms with Crippen LogP contribution in [0.5, 0.6) is 11.5 Å². The lowest BCUT2D eigenvalue weighted by Gasteiger charge is -2.43. The maximum atomic E-state index is 7.53. The van der Waals surface area contributed by atoms with Gasteiger partial charge in [-0.1, -0.05) is 133 Å². The predicted molar refractivity (Wildman–Crippen MR) is 296 cm³/mol. The van der Waals surface area contributed by atoms with E-state index >= 15 is 0 Å². The Labute approximate surface area is 408 Å². The minimum Gasteiger partial charge on any atom is -0.458 e. The van der Waals surface area contributed by atoms with Gasteiger partial charge in [-0.05, 0) is 166 Å². The second-order valence-electron chi connectivity index (χ2n) is 19.8. The highest BCUT2D eigenvalue weighted by molar-refractivity contribution is 7.02. The standard InChI is InChI=1S/C64H45B2N3O/c1-38-18-15-19-39(2)60(38)42-32-55-62-56(33-42)69-52-30-13-11-26-46(52)47-27-17-29-49(64(47)69)66(62)50-36-51-58(37-54(50)68(55)45-24-9-6-10-25-45)70-59-35-43(61-40(3)20-16-21-41(61)4)34-57-63(59)65(51)48-28-12-14-31-53(48)67(57)44-22-7-5-8-23-44/h5-37H,1-4H3. The van der Waals surface area contributed by atoms with Crippen LogP contribution in [0.2, 0.25) is 0 Å². The molecule has 4 aliphatic rings. The van der Waals surface area contributed by atoms with E-state index in [0.717, 1.165) is 39.8 Å². The third kappa shape index (κ3) is 5.33. The summed E-state index contributed by atoms with van der Waals surface area (Å²) in [4.78, 5) is 4.99. The van der Waals surface area contributed by atoms with Gasteiger partial charge in [0, 0.05) is 62.2 Å². The fraction of sp³-hybridized carbons (Fsp3) is 0.0625. The Morgan fingerprint density at radius 3 is 1.59 bits per heavy atom. The molecular weight excluding hydrogens is 848 g/mol. The number of aryl methyl sites for hydroxylation is 4. The molecule has 5 heterocycles. The molecule has 1 aromatic heterocycles. The molecule has 0 radical (unpaired) electrons. The van der Waals surface area contributed by atoms with Crippen LogP contribution in [0.4, 0.5) is 34.1 Å². The molecule has 70 heavy (non-hydrogen) atoms. The van der Waals surface area contributed by atoms with Gasteiger partial charge < -0.3 is 19.1 Å². The van der Waals surface area contributed by atoms with Crippen LogP contribution in [0.1, 0.15) is 22.3 Å². The van der Waals surface area contributed by atoms with Gasteiger partial charge in [0.05, 0.1) is 5.52 Å². The number of benzene rings is 10. The van der Waals surface area contributed by atoms with Crippen molar-refractivity contribution in [3.63, 3.8) is 0 Å². The number of hydrogen-bond donors (Lipinski definition) is 0. The molecule has 0 fully saturated rings. The molecule has 0 bridgehead atoms. The van der Waals surface area contributed by atoms with Crippen molar-refractivity contribution in [2.45, 2.75) is 27.7 Å². The average Bonchev–Trinajstić information content (AvgIpc) is 3.73. The Hall–Kier alpha value is -8.47. The van der Waals surface area contributed by atoms with Crippen molar-refractivity contribution in [3.05, 3.63) is 222 Å². The lowest BCUT2D eigenvalue weighted by atomic mass is 9.30. The first-order valence-corrected chi connectivity index (χ1v) is 24.6. The number of para-hydroxylation sites is 5. The van der Waals surface area contributed by atoms with Crippen molar-refractivity contribution in [1.82, 2.24) is 4.57 Å². The summed E-state index contributed by atoms with van der Waals surface area (Å²) < 4.78 is 10.1. The van der Waals surface area contributed by atoms with Gasteiger partial charge in [-0.2, -0.15) is 0 Å². The van der Waals surface area contributed by atoms with Gasteiger partial charge in [-0.15, -0.1) is 0 Å². The quantitative estimate of drug-likeness (QED) is 0.164. The molecule has 0 aliphatic carbocycles. The van der Waals surface area contributed by atoms with Gasteiger partial charge in [0.1, 0.15) is 11.5 Å². The van der Waals surface area contributed by atoms with Crippen LogP contribution in [0.25, 0.3) is 49.7 Å². The average molecular weight is 894 g/mol. The summed E-state index contributed by atoms with van der Waals surface area (Å²) in [6.07, 6.45) is 0. The largest absolute Gasteiger partial charge is 0.458 e. The number of hydrogen-bond acceptors (Lipinski definition) is 3. The fourth-order valence-electron chi connectivity index (χ4n) is 13.1. The van der Waals surface area contributed by atoms with Crippen molar-refractivity contribution in [3.8, 4) is 39.4 Å². The van der Waals surface area contributed by atoms with E-state index in [2.05, 4.69) is 242 Å². The molecule has 328 valence electrons. The van der Waals surface area contributed by atoms with Crippen LogP contribution in [-0.4, -0.2) is 18.0 Å². The summed E-state index contributed by atoms with van der Waals surface area (Å²) in [5.41, 5.74) is 28.2. The minimum atomic E-state index is -0.0782. The highest BCUT2D eigenvalue weighted by atomic mass is 16.5. The molecule has 11 aromatic rings. The van der Waals surface area contributed by atoms with Crippen LogP contribution >= 0.6 is 0 Å². The molecular formula is C64H45B2N3O. The van der Waals surface area contributed by atoms with Gasteiger partial charge in [0.2, 0.25) is 0 Å². The van der Waals surface area contributed by atoms with Crippen molar-refractivity contribution in [2.24, 2.45) is 0 Å². The first-order chi connectivity index (χ1) is 34.4. The molecule has 4 nitrogen and oxygen atoms in total. The summed E-state index contributed by atoms with van der Waals surface area (Å²) in [7, 11) is 0. The molecule has 0 saturated carbocycles. The molecule has 0 amide bonds. The van der Waals surface area contributed by atoms with Crippen LogP contribution in [0.15, 0.2) is 200 Å². The molecule has 15 rings (SSSR count). The van der Waals surface area contributed by atoms with E-state index in [1.165, 1.54) is 111 Å². The highest BCUT2D eigenvalue weighted by Gasteiger charge is 2.47. The maximum absolute atomic E-state index is 7.53. The number of nitrogens with zero attached hydrogens (tertiary/aromatic N) is 3. The zero-order valence-corrected chi connectivity index (χ0v) is 39.5. The predicted octanol–water partition coefficient (Wildman–Crippen LogP) is 12.4. The number of ether oxygens (including phenoxy) is 1. The van der Waals surface area contributed by atoms with Crippen molar-refractivity contribution in [1.29, 1.82) is 0 Å². The monoisotopic (exact) mass is 893 g/mol. The van der Waals surface area contributed by atoms with Crippen LogP contribution < -0.4 is 47.3 Å². The number of rotatable bonds is 4. The molecule has 6 heteroatoms. The van der Waals surface area contributed by atoms with Crippen LogP contribution in [0, 0.1) is 27.7 Å². The Bertz CT molecular complexity index is 4020. The summed E-state index contributed by atoms with van der Waals surface area (Å²) in [5, 5.41) is 2.56. The SMILES string of the molecule is Cc1cccc(C)c1-c1cc2c3c(c1)N(c1ccccc1)c1ccccc1B3c1cc3c(cc1O2)N(c1ccccc1)c1cc(-c2c(C)cccc2C)cc2c1B3c1cccc3c4ccccc4n-2c13. The zero-order valence-electron chi connectivity index (χ0n) is 39.5. The Kier molecular flexibility index (Phi) is 8.20. The molecule has 0 saturated heterocycles. The van der Waals surface area contributed by atoms with Crippen molar-refractivity contribution in [2.75, 3.05) is 9.80 Å². The van der Waals surface area contributed by atoms with E-state index in [1.54, 1.807) is 0 Å². The van der Waals surface area contributed by atoms with E-state index in [4.69, 9.17) is 4.74 Å². The molecule has 0 atom stereocenters. The van der Waals surface area contributed by atoms with Crippen molar-refractivity contribution >= 4 is 102 Å². The topological polar surface area (TPSA) is 20.6 Å². The second-order valence-corrected chi connectivity index (χ2v) is 19.8. The first-order valence-electron chi connectivity index (χ1n) is 24.6. The summed E-state index contributed by atoms with van der Waals surface area (Å²) in [6.45, 7) is 8.82. The normalized spacial score (nSPS) is 13.4. The smallest absolute Gasteiger partial charge is 0.256 e. The Balaban J connectivity index is 1.06. The van der Waals surface area contributed by atoms with E-state index in [0.29, 0.717) is 0 Å². The van der Waals surface area contributed by atoms with E-state index in [-0.39, 0.29) is 13.4 Å². The number of anilines is 6. The van der Waals surface area contributed by atoms with Crippen LogP contribution in [-0.2, 0) is 0 Å². The van der Waals surface area contributed by atoms with Gasteiger partial charge >= 0.3 is 0 Å². The summed E-state index contributed by atoms with van der Waals surface area (Å²) in [5.74, 6) is 1.79. The van der Waals surface area contributed by atoms with E-state index in [9.17, 15) is 0 Å². The lowest BCUT2D eigenvalue weighted by molar-refractivity contribution is 0.488. The Morgan fingerprint density at radius 2 is 0.886 bits per heavy atom. The maximum Gasteiger partial charge on any atom is 0.256 e. The number of fused-ring (bicyclic) bond motifs is 11. The summed E-state index contributed by atoms with van der Waals surface area (Å²) >= 11 is 0. The molecule has 10 aromatic carbocycles. The van der Waals surface area contributed by atoms with Crippen LogP contribution in [0.3, 0.4) is 0 Å². The van der Waals surface area contributed by atoms with Gasteiger partial charge in [0.25, 0.3) is 13.4 Å². The molecule has 0 unspecified atom stereocenters. The minimum absolute atomic E-state index is 0.0512. The Morgan fingerprint density at radius 1 is 0.357 bits per heavy atom. The third-order valence-electron chi connectivity index (χ3n) is 15.9. The molecule has 4 aliphatic heterocycles. The number of aromatic nitrogens is 1. The van der Waals surface area contributed by atoms with E-state index in [1.807, 2.05) is 0 Å². The lowest BCUT2D eigenvalue weighted by Crippen LogP contribution is -2.64.